The third-order valence-electron chi connectivity index (χ3n) is 3.57. The second-order valence-electron chi connectivity index (χ2n) is 5.44. The summed E-state index contributed by atoms with van der Waals surface area (Å²) in [6, 6.07) is 7.55. The molecule has 2 rings (SSSR count). The van der Waals surface area contributed by atoms with Crippen LogP contribution in [0.15, 0.2) is 29.4 Å². The Balaban J connectivity index is 1.77. The Morgan fingerprint density at radius 3 is 2.86 bits per heavy atom. The van der Waals surface area contributed by atoms with E-state index in [9.17, 15) is 9.59 Å². The third kappa shape index (κ3) is 4.07. The van der Waals surface area contributed by atoms with Crippen LogP contribution in [0.2, 0.25) is 0 Å². The third-order valence-corrected chi connectivity index (χ3v) is 3.57. The summed E-state index contributed by atoms with van der Waals surface area (Å²) in [5.41, 5.74) is 4.26. The average molecular weight is 303 g/mol. The molecule has 0 aromatic heterocycles. The van der Waals surface area contributed by atoms with Crippen LogP contribution < -0.4 is 15.5 Å². The van der Waals surface area contributed by atoms with Crippen LogP contribution in [0.25, 0.3) is 0 Å². The first-order chi connectivity index (χ1) is 10.5. The summed E-state index contributed by atoms with van der Waals surface area (Å²) in [4.78, 5) is 23.5. The number of aryl methyl sites for hydroxylation is 1. The standard InChI is InChI=1S/C16H21N3O3/c1-10-5-4-6-13(9-10)22-12(3)15(20)17-8-7-14-11(2)18-19-16(14)21/h4-6,9,12,14H,7-8H2,1-3H3,(H,17,20)(H,19,21)/t12-,14+/m1/s1. The fourth-order valence-corrected chi connectivity index (χ4v) is 2.26. The highest BCUT2D eigenvalue weighted by Gasteiger charge is 2.26. The molecule has 1 aliphatic heterocycles. The molecule has 0 radical (unpaired) electrons. The maximum Gasteiger partial charge on any atom is 0.260 e. The molecule has 0 fully saturated rings. The van der Waals surface area contributed by atoms with Crippen LogP contribution in [0.4, 0.5) is 0 Å². The van der Waals surface area contributed by atoms with Crippen molar-refractivity contribution in [1.29, 1.82) is 0 Å². The number of carbonyl (C=O) groups excluding carboxylic acids is 2. The van der Waals surface area contributed by atoms with E-state index in [0.717, 1.165) is 11.3 Å². The lowest BCUT2D eigenvalue weighted by atomic mass is 10.0. The first kappa shape index (κ1) is 16.0. The van der Waals surface area contributed by atoms with Crippen LogP contribution in [-0.4, -0.2) is 30.2 Å². The molecular weight excluding hydrogens is 282 g/mol. The van der Waals surface area contributed by atoms with E-state index in [2.05, 4.69) is 15.8 Å². The summed E-state index contributed by atoms with van der Waals surface area (Å²) in [6.45, 7) is 5.87. The Bertz CT molecular complexity index is 598. The van der Waals surface area contributed by atoms with Gasteiger partial charge in [0.15, 0.2) is 6.10 Å². The fourth-order valence-electron chi connectivity index (χ4n) is 2.26. The lowest BCUT2D eigenvalue weighted by Crippen LogP contribution is -2.38. The van der Waals surface area contributed by atoms with Gasteiger partial charge in [-0.1, -0.05) is 12.1 Å². The molecule has 0 saturated carbocycles. The summed E-state index contributed by atoms with van der Waals surface area (Å²) in [5.74, 6) is 0.0967. The van der Waals surface area contributed by atoms with Gasteiger partial charge in [0, 0.05) is 12.3 Å². The molecule has 2 N–H and O–H groups in total. The number of nitrogens with one attached hydrogen (secondary N) is 2. The molecule has 6 heteroatoms. The van der Waals surface area contributed by atoms with Crippen molar-refractivity contribution in [1.82, 2.24) is 10.7 Å². The van der Waals surface area contributed by atoms with Crippen LogP contribution >= 0.6 is 0 Å². The molecule has 22 heavy (non-hydrogen) atoms. The molecule has 0 bridgehead atoms. The van der Waals surface area contributed by atoms with Crippen molar-refractivity contribution >= 4 is 17.5 Å². The average Bonchev–Trinajstić information content (AvgIpc) is 2.78. The molecule has 2 amide bonds. The van der Waals surface area contributed by atoms with Crippen molar-refractivity contribution in [3.8, 4) is 5.75 Å². The van der Waals surface area contributed by atoms with Gasteiger partial charge >= 0.3 is 0 Å². The van der Waals surface area contributed by atoms with Gasteiger partial charge < -0.3 is 10.1 Å². The number of ether oxygens (including phenoxy) is 1. The molecule has 2 atom stereocenters. The second-order valence-corrected chi connectivity index (χ2v) is 5.44. The zero-order valence-electron chi connectivity index (χ0n) is 13.1. The van der Waals surface area contributed by atoms with Crippen molar-refractivity contribution < 1.29 is 14.3 Å². The fraction of sp³-hybridized carbons (Fsp3) is 0.438. The first-order valence-corrected chi connectivity index (χ1v) is 7.32. The smallest absolute Gasteiger partial charge is 0.260 e. The molecule has 0 unspecified atom stereocenters. The second kappa shape index (κ2) is 7.06. The Hall–Kier alpha value is -2.37. The minimum Gasteiger partial charge on any atom is -0.481 e. The normalized spacial score (nSPS) is 18.4. The molecule has 0 saturated heterocycles. The van der Waals surface area contributed by atoms with Crippen LogP contribution in [-0.2, 0) is 9.59 Å². The minimum absolute atomic E-state index is 0.115. The monoisotopic (exact) mass is 303 g/mol. The van der Waals surface area contributed by atoms with E-state index in [-0.39, 0.29) is 17.7 Å². The number of amides is 2. The molecule has 1 aromatic carbocycles. The maximum atomic E-state index is 12.0. The zero-order chi connectivity index (χ0) is 16.1. The molecule has 6 nitrogen and oxygen atoms in total. The highest BCUT2D eigenvalue weighted by molar-refractivity contribution is 6.06. The lowest BCUT2D eigenvalue weighted by molar-refractivity contribution is -0.127. The van der Waals surface area contributed by atoms with Crippen molar-refractivity contribution in [3.05, 3.63) is 29.8 Å². The lowest BCUT2D eigenvalue weighted by Gasteiger charge is -2.15. The quantitative estimate of drug-likeness (QED) is 0.833. The molecule has 118 valence electrons. The predicted octanol–water partition coefficient (Wildman–Crippen LogP) is 1.39. The Morgan fingerprint density at radius 1 is 1.45 bits per heavy atom. The van der Waals surface area contributed by atoms with Gasteiger partial charge in [0.1, 0.15) is 5.75 Å². The summed E-state index contributed by atoms with van der Waals surface area (Å²) >= 11 is 0. The van der Waals surface area contributed by atoms with Gasteiger partial charge in [-0.2, -0.15) is 5.10 Å². The van der Waals surface area contributed by atoms with E-state index in [1.807, 2.05) is 31.2 Å². The number of hydrogen-bond donors (Lipinski definition) is 2. The Morgan fingerprint density at radius 2 is 2.23 bits per heavy atom. The van der Waals surface area contributed by atoms with Crippen LogP contribution in [0.1, 0.15) is 25.8 Å². The van der Waals surface area contributed by atoms with E-state index in [4.69, 9.17) is 4.74 Å². The van der Waals surface area contributed by atoms with Gasteiger partial charge in [-0.15, -0.1) is 0 Å². The van der Waals surface area contributed by atoms with Crippen molar-refractivity contribution in [3.63, 3.8) is 0 Å². The number of carbonyl (C=O) groups is 2. The van der Waals surface area contributed by atoms with Crippen LogP contribution in [0.5, 0.6) is 5.75 Å². The summed E-state index contributed by atoms with van der Waals surface area (Å²) in [6.07, 6.45) is -0.0571. The number of rotatable bonds is 6. The topological polar surface area (TPSA) is 79.8 Å². The highest BCUT2D eigenvalue weighted by Crippen LogP contribution is 2.14. The Labute approximate surface area is 129 Å². The molecule has 1 aliphatic rings. The molecular formula is C16H21N3O3. The van der Waals surface area contributed by atoms with Gasteiger partial charge in [-0.25, -0.2) is 5.43 Å². The van der Waals surface area contributed by atoms with E-state index < -0.39 is 6.10 Å². The summed E-state index contributed by atoms with van der Waals surface area (Å²) < 4.78 is 5.61. The van der Waals surface area contributed by atoms with Gasteiger partial charge in [0.05, 0.1) is 5.92 Å². The zero-order valence-corrected chi connectivity index (χ0v) is 13.1. The van der Waals surface area contributed by atoms with E-state index in [0.29, 0.717) is 18.7 Å². The SMILES string of the molecule is CC1=NNC(=O)[C@H]1CCNC(=O)[C@@H](C)Oc1cccc(C)c1. The Kier molecular flexibility index (Phi) is 5.14. The van der Waals surface area contributed by atoms with E-state index in [1.54, 1.807) is 13.8 Å². The first-order valence-electron chi connectivity index (χ1n) is 7.32. The predicted molar refractivity (Wildman–Crippen MR) is 83.6 cm³/mol. The summed E-state index contributed by atoms with van der Waals surface area (Å²) in [7, 11) is 0. The number of nitrogens with zero attached hydrogens (tertiary/aromatic N) is 1. The van der Waals surface area contributed by atoms with Crippen LogP contribution in [0, 0.1) is 12.8 Å². The van der Waals surface area contributed by atoms with E-state index in [1.165, 1.54) is 0 Å². The molecule has 1 heterocycles. The largest absolute Gasteiger partial charge is 0.481 e. The number of benzene rings is 1. The maximum absolute atomic E-state index is 12.0. The van der Waals surface area contributed by atoms with Crippen molar-refractivity contribution in [2.75, 3.05) is 6.54 Å². The van der Waals surface area contributed by atoms with Gasteiger partial charge in [-0.3, -0.25) is 9.59 Å². The highest BCUT2D eigenvalue weighted by atomic mass is 16.5. The van der Waals surface area contributed by atoms with Crippen LogP contribution in [0.3, 0.4) is 0 Å². The van der Waals surface area contributed by atoms with Gasteiger partial charge in [0.25, 0.3) is 5.91 Å². The number of hydrazone groups is 1. The number of hydrogen-bond acceptors (Lipinski definition) is 4. The van der Waals surface area contributed by atoms with E-state index >= 15 is 0 Å². The van der Waals surface area contributed by atoms with Crippen molar-refractivity contribution in [2.24, 2.45) is 11.0 Å². The molecule has 1 aromatic rings. The summed E-state index contributed by atoms with van der Waals surface area (Å²) in [5, 5.41) is 6.66. The molecule has 0 aliphatic carbocycles. The minimum atomic E-state index is -0.589. The van der Waals surface area contributed by atoms with Gasteiger partial charge in [-0.05, 0) is 44.9 Å². The van der Waals surface area contributed by atoms with Crippen molar-refractivity contribution in [2.45, 2.75) is 33.3 Å². The van der Waals surface area contributed by atoms with Gasteiger partial charge in [0.2, 0.25) is 5.91 Å². The molecule has 0 spiro atoms.